The molecule has 2 aromatic carbocycles. The number of nitrogens with one attached hydrogen (secondary N) is 2. The summed E-state index contributed by atoms with van der Waals surface area (Å²) in [6.07, 6.45) is 2.24. The number of rotatable bonds is 13. The van der Waals surface area contributed by atoms with E-state index in [2.05, 4.69) is 31.4 Å². The van der Waals surface area contributed by atoms with Crippen LogP contribution in [0.15, 0.2) is 36.4 Å². The van der Waals surface area contributed by atoms with E-state index in [1.807, 2.05) is 38.4 Å². The Morgan fingerprint density at radius 3 is 2.18 bits per heavy atom. The Hall–Kier alpha value is -3.44. The van der Waals surface area contributed by atoms with Gasteiger partial charge in [0.15, 0.2) is 5.78 Å². The molecule has 3 atom stereocenters. The molecule has 0 fully saturated rings. The van der Waals surface area contributed by atoms with Crippen LogP contribution in [0.25, 0.3) is 11.1 Å². The molecular formula is C35H56N2O8. The molecule has 3 rings (SSSR count). The number of aromatic hydroxyl groups is 1. The number of carbonyl (C=O) groups is 4. The average Bonchev–Trinajstić information content (AvgIpc) is 2.93. The lowest BCUT2D eigenvalue weighted by molar-refractivity contribution is -0.131. The quantitative estimate of drug-likeness (QED) is 0.198. The molecular weight excluding hydrogens is 576 g/mol. The molecule has 1 amide bonds. The van der Waals surface area contributed by atoms with Crippen LogP contribution in [0.4, 0.5) is 5.69 Å². The number of hydrogen-bond acceptors (Lipinski definition) is 8. The Bertz CT molecular complexity index is 1300. The van der Waals surface area contributed by atoms with Crippen LogP contribution in [0.5, 0.6) is 5.75 Å². The Labute approximate surface area is 269 Å². The lowest BCUT2D eigenvalue weighted by Gasteiger charge is -2.31. The van der Waals surface area contributed by atoms with Gasteiger partial charge in [0.1, 0.15) is 17.3 Å². The van der Waals surface area contributed by atoms with E-state index in [0.29, 0.717) is 36.1 Å². The Balaban J connectivity index is 0. The molecule has 0 radical (unpaired) electrons. The van der Waals surface area contributed by atoms with Crippen molar-refractivity contribution in [2.24, 2.45) is 23.2 Å². The van der Waals surface area contributed by atoms with Crippen molar-refractivity contribution in [3.8, 4) is 16.9 Å². The van der Waals surface area contributed by atoms with Gasteiger partial charge in [-0.15, -0.1) is 0 Å². The van der Waals surface area contributed by atoms with Crippen LogP contribution in [0.1, 0.15) is 85.0 Å². The molecule has 45 heavy (non-hydrogen) atoms. The number of hydrogen-bond donors (Lipinski definition) is 5. The number of fused-ring (bicyclic) bond motifs is 1. The predicted octanol–water partition coefficient (Wildman–Crippen LogP) is 4.62. The fraction of sp³-hybridized carbons (Fsp3) is 0.543. The standard InChI is InChI=1S/C33H43NO7.C2H7N.H2O.2H2/c1-20(37)15-29(39)27(19-36)23(12-14-35)16-21-17-26-25(9-10-28(38)32(26)30(40)18-21)22-5-7-24(8-6-22)34-31(41)11-13-33(2,3)4;1-3-2;;;/h5-10,21,23,27,35-36,38H,11-19H2,1-4H3,(H,34,41);3H,1-2H3;1H2;2*1H. The molecule has 0 saturated carbocycles. The van der Waals surface area contributed by atoms with E-state index in [1.54, 1.807) is 6.07 Å². The smallest absolute Gasteiger partial charge is 0.224 e. The van der Waals surface area contributed by atoms with Gasteiger partial charge in [-0.3, -0.25) is 19.2 Å². The van der Waals surface area contributed by atoms with Gasteiger partial charge >= 0.3 is 0 Å². The van der Waals surface area contributed by atoms with Gasteiger partial charge in [-0.2, -0.15) is 0 Å². The minimum absolute atomic E-state index is 0. The summed E-state index contributed by atoms with van der Waals surface area (Å²) in [6, 6.07) is 10.7. The summed E-state index contributed by atoms with van der Waals surface area (Å²) in [5.74, 6) is -2.33. The number of aliphatic hydroxyl groups excluding tert-OH is 2. The first-order valence-electron chi connectivity index (χ1n) is 15.3. The number of ketones is 3. The maximum absolute atomic E-state index is 13.2. The minimum atomic E-state index is -0.794. The van der Waals surface area contributed by atoms with Gasteiger partial charge in [-0.05, 0) is 98.8 Å². The Morgan fingerprint density at radius 2 is 1.64 bits per heavy atom. The second-order valence-corrected chi connectivity index (χ2v) is 13.0. The van der Waals surface area contributed by atoms with Gasteiger partial charge in [0.25, 0.3) is 0 Å². The van der Waals surface area contributed by atoms with Gasteiger partial charge in [0, 0.05) is 33.9 Å². The van der Waals surface area contributed by atoms with Crippen LogP contribution >= 0.6 is 0 Å². The highest BCUT2D eigenvalue weighted by molar-refractivity contribution is 6.03. The third-order valence-corrected chi connectivity index (χ3v) is 7.86. The molecule has 254 valence electrons. The fourth-order valence-corrected chi connectivity index (χ4v) is 5.73. The van der Waals surface area contributed by atoms with E-state index in [4.69, 9.17) is 0 Å². The Kier molecular flexibility index (Phi) is 16.3. The zero-order valence-corrected chi connectivity index (χ0v) is 27.5. The molecule has 0 spiro atoms. The molecule has 0 saturated heterocycles. The van der Waals surface area contributed by atoms with E-state index >= 15 is 0 Å². The summed E-state index contributed by atoms with van der Waals surface area (Å²) in [6.45, 7) is 6.99. The minimum Gasteiger partial charge on any atom is -0.507 e. The predicted molar refractivity (Wildman–Crippen MR) is 181 cm³/mol. The molecule has 0 heterocycles. The van der Waals surface area contributed by atoms with Gasteiger partial charge in [0.2, 0.25) is 5.91 Å². The van der Waals surface area contributed by atoms with E-state index in [-0.39, 0.29) is 74.5 Å². The van der Waals surface area contributed by atoms with E-state index < -0.39 is 18.4 Å². The molecule has 1 aliphatic rings. The van der Waals surface area contributed by atoms with Crippen LogP contribution in [-0.4, -0.2) is 71.4 Å². The van der Waals surface area contributed by atoms with Crippen molar-refractivity contribution in [2.75, 3.05) is 32.6 Å². The molecule has 3 unspecified atom stereocenters. The van der Waals surface area contributed by atoms with Crippen molar-refractivity contribution in [3.63, 3.8) is 0 Å². The van der Waals surface area contributed by atoms with Gasteiger partial charge < -0.3 is 31.4 Å². The van der Waals surface area contributed by atoms with Crippen molar-refractivity contribution in [1.29, 1.82) is 0 Å². The molecule has 10 heteroatoms. The Morgan fingerprint density at radius 1 is 1.02 bits per heavy atom. The summed E-state index contributed by atoms with van der Waals surface area (Å²) >= 11 is 0. The highest BCUT2D eigenvalue weighted by Gasteiger charge is 2.35. The second kappa shape index (κ2) is 18.5. The lowest BCUT2D eigenvalue weighted by atomic mass is 9.72. The monoisotopic (exact) mass is 632 g/mol. The normalized spacial score (nSPS) is 15.5. The summed E-state index contributed by atoms with van der Waals surface area (Å²) in [5.41, 5.74) is 3.38. The number of anilines is 1. The zero-order valence-electron chi connectivity index (χ0n) is 27.5. The van der Waals surface area contributed by atoms with Crippen molar-refractivity contribution >= 4 is 28.9 Å². The van der Waals surface area contributed by atoms with Gasteiger partial charge in [-0.1, -0.05) is 39.0 Å². The topological polar surface area (TPSA) is 185 Å². The first-order chi connectivity index (χ1) is 20.7. The largest absolute Gasteiger partial charge is 0.507 e. The van der Waals surface area contributed by atoms with Crippen molar-refractivity contribution in [3.05, 3.63) is 47.5 Å². The van der Waals surface area contributed by atoms with Crippen molar-refractivity contribution < 1.29 is 42.8 Å². The average molecular weight is 633 g/mol. The molecule has 10 nitrogen and oxygen atoms in total. The van der Waals surface area contributed by atoms with Gasteiger partial charge in [0.05, 0.1) is 18.6 Å². The number of Topliss-reactive ketones (excluding diaryl/α,β-unsaturated/α-hetero) is 3. The van der Waals surface area contributed by atoms with Crippen LogP contribution in [-0.2, 0) is 20.8 Å². The van der Waals surface area contributed by atoms with E-state index in [0.717, 1.165) is 17.5 Å². The second-order valence-electron chi connectivity index (χ2n) is 13.0. The van der Waals surface area contributed by atoms with Crippen LogP contribution in [0.2, 0.25) is 0 Å². The maximum atomic E-state index is 13.2. The molecule has 2 aromatic rings. The first kappa shape index (κ1) is 39.6. The lowest BCUT2D eigenvalue weighted by Crippen LogP contribution is -2.32. The highest BCUT2D eigenvalue weighted by atomic mass is 16.3. The summed E-state index contributed by atoms with van der Waals surface area (Å²) < 4.78 is 0. The van der Waals surface area contributed by atoms with Crippen molar-refractivity contribution in [1.82, 2.24) is 5.32 Å². The summed E-state index contributed by atoms with van der Waals surface area (Å²) in [7, 11) is 3.75. The van der Waals surface area contributed by atoms with Crippen LogP contribution < -0.4 is 10.6 Å². The number of amides is 1. The number of aliphatic hydroxyl groups is 2. The number of phenolic OH excluding ortho intramolecular Hbond substituents is 1. The molecule has 7 N–H and O–H groups in total. The first-order valence-corrected chi connectivity index (χ1v) is 15.3. The van der Waals surface area contributed by atoms with E-state index in [1.165, 1.54) is 13.0 Å². The summed E-state index contributed by atoms with van der Waals surface area (Å²) in [5, 5.41) is 35.9. The zero-order chi connectivity index (χ0) is 33.0. The number of phenols is 1. The summed E-state index contributed by atoms with van der Waals surface area (Å²) in [4.78, 5) is 49.8. The number of carbonyl (C=O) groups excluding carboxylic acids is 4. The maximum Gasteiger partial charge on any atom is 0.224 e. The SMILES string of the molecule is CC(=O)CC(=O)C(CO)C(CCO)CC1CC(=O)c2c(O)ccc(-c3ccc(NC(=O)CCC(C)(C)C)cc3)c2C1.CNC.O.[HH].[HH]. The third-order valence-electron chi connectivity index (χ3n) is 7.86. The van der Waals surface area contributed by atoms with Crippen molar-refractivity contribution in [2.45, 2.75) is 72.6 Å². The van der Waals surface area contributed by atoms with Crippen LogP contribution in [0, 0.1) is 23.2 Å². The van der Waals surface area contributed by atoms with Crippen LogP contribution in [0.3, 0.4) is 0 Å². The fourth-order valence-electron chi connectivity index (χ4n) is 5.73. The third kappa shape index (κ3) is 12.1. The highest BCUT2D eigenvalue weighted by Crippen LogP contribution is 2.41. The molecule has 0 bridgehead atoms. The molecule has 0 aliphatic heterocycles. The molecule has 1 aliphatic carbocycles. The molecule has 0 aromatic heterocycles. The van der Waals surface area contributed by atoms with E-state index in [9.17, 15) is 34.5 Å². The van der Waals surface area contributed by atoms with Gasteiger partial charge in [-0.25, -0.2) is 0 Å². The number of benzene rings is 2.